The molecule has 2 aliphatic rings. The Labute approximate surface area is 206 Å². The van der Waals surface area contributed by atoms with Crippen molar-refractivity contribution in [2.45, 2.75) is 6.54 Å². The van der Waals surface area contributed by atoms with E-state index >= 15 is 0 Å². The fourth-order valence-electron chi connectivity index (χ4n) is 4.40. The van der Waals surface area contributed by atoms with Crippen LogP contribution in [0.1, 0.15) is 4.88 Å². The van der Waals surface area contributed by atoms with Crippen LogP contribution in [0.2, 0.25) is 0 Å². The highest BCUT2D eigenvalue weighted by molar-refractivity contribution is 7.19. The molecule has 12 heteroatoms. The monoisotopic (exact) mass is 490 g/mol. The van der Waals surface area contributed by atoms with Crippen LogP contribution < -0.4 is 15.5 Å². The minimum Gasteiger partial charge on any atom is -0.378 e. The number of aromatic nitrogens is 6. The van der Waals surface area contributed by atoms with E-state index in [1.165, 1.54) is 4.88 Å². The summed E-state index contributed by atoms with van der Waals surface area (Å²) < 4.78 is 6.68. The molecule has 0 aromatic carbocycles. The van der Waals surface area contributed by atoms with Gasteiger partial charge in [-0.3, -0.25) is 4.90 Å². The fourth-order valence-corrected chi connectivity index (χ4v) is 5.55. The number of thiophene rings is 1. The fraction of sp³-hybridized carbons (Fsp3) is 0.391. The molecule has 0 unspecified atom stereocenters. The molecule has 0 amide bonds. The molecule has 0 radical (unpaired) electrons. The van der Waals surface area contributed by atoms with Gasteiger partial charge in [0.1, 0.15) is 0 Å². The average Bonchev–Trinajstić information content (AvgIpc) is 3.32. The van der Waals surface area contributed by atoms with Crippen molar-refractivity contribution >= 4 is 39.3 Å². The van der Waals surface area contributed by atoms with Crippen molar-refractivity contribution in [2.75, 3.05) is 68.0 Å². The van der Waals surface area contributed by atoms with Crippen LogP contribution in [0.5, 0.6) is 0 Å². The Morgan fingerprint density at radius 2 is 1.63 bits per heavy atom. The van der Waals surface area contributed by atoms with Crippen molar-refractivity contribution in [3.8, 4) is 11.4 Å². The van der Waals surface area contributed by atoms with E-state index < -0.39 is 0 Å². The first-order valence-corrected chi connectivity index (χ1v) is 12.5. The second-order valence-electron chi connectivity index (χ2n) is 8.54. The lowest BCUT2D eigenvalue weighted by atomic mass is 10.2. The second-order valence-corrected chi connectivity index (χ2v) is 9.68. The molecule has 2 N–H and O–H groups in total. The lowest BCUT2D eigenvalue weighted by molar-refractivity contribution is 0.122. The van der Waals surface area contributed by atoms with Gasteiger partial charge in [-0.2, -0.15) is 0 Å². The van der Waals surface area contributed by atoms with Crippen molar-refractivity contribution in [3.63, 3.8) is 0 Å². The minimum absolute atomic E-state index is 0.236. The number of piperazine rings is 1. The number of hydrogen-bond donors (Lipinski definition) is 1. The van der Waals surface area contributed by atoms with Gasteiger partial charge in [-0.1, -0.05) is 0 Å². The molecule has 6 heterocycles. The Kier molecular flexibility index (Phi) is 6.06. The number of fused-ring (bicyclic) bond motifs is 1. The highest BCUT2D eigenvalue weighted by atomic mass is 32.1. The molecule has 0 spiro atoms. The smallest absolute Gasteiger partial charge is 0.225 e. The number of morpholine rings is 1. The zero-order valence-electron chi connectivity index (χ0n) is 19.2. The van der Waals surface area contributed by atoms with Crippen LogP contribution in [0.4, 0.5) is 17.7 Å². The molecular weight excluding hydrogens is 464 g/mol. The number of ether oxygens (including phenoxy) is 1. The van der Waals surface area contributed by atoms with Gasteiger partial charge in [0.05, 0.1) is 29.0 Å². The SMILES string of the molecule is Nc1ncc(-c2nc(N3CCOCC3)c3sc(CN4CCN(c5ncccn5)CC4)cc3n2)cn1. The summed E-state index contributed by atoms with van der Waals surface area (Å²) in [5.41, 5.74) is 7.38. The highest BCUT2D eigenvalue weighted by Crippen LogP contribution is 2.35. The minimum atomic E-state index is 0.236. The van der Waals surface area contributed by atoms with E-state index in [1.807, 2.05) is 6.07 Å². The Balaban J connectivity index is 1.26. The quantitative estimate of drug-likeness (QED) is 0.439. The largest absolute Gasteiger partial charge is 0.378 e. The second kappa shape index (κ2) is 9.64. The van der Waals surface area contributed by atoms with Crippen molar-refractivity contribution in [1.82, 2.24) is 34.8 Å². The maximum atomic E-state index is 5.68. The number of nitrogens with zero attached hydrogens (tertiary/aromatic N) is 9. The van der Waals surface area contributed by atoms with E-state index in [-0.39, 0.29) is 5.95 Å². The molecule has 2 fully saturated rings. The first kappa shape index (κ1) is 22.0. The predicted octanol–water partition coefficient (Wildman–Crippen LogP) is 1.68. The zero-order valence-corrected chi connectivity index (χ0v) is 20.1. The first-order valence-electron chi connectivity index (χ1n) is 11.7. The predicted molar refractivity (Wildman–Crippen MR) is 135 cm³/mol. The van der Waals surface area contributed by atoms with E-state index in [2.05, 4.69) is 40.7 Å². The lowest BCUT2D eigenvalue weighted by Crippen LogP contribution is -2.46. The Bertz CT molecular complexity index is 1290. The molecule has 0 bridgehead atoms. The van der Waals surface area contributed by atoms with E-state index in [4.69, 9.17) is 20.4 Å². The number of anilines is 3. The van der Waals surface area contributed by atoms with Gasteiger partial charge >= 0.3 is 0 Å². The van der Waals surface area contributed by atoms with Gasteiger partial charge in [0.15, 0.2) is 11.6 Å². The Morgan fingerprint density at radius 1 is 0.886 bits per heavy atom. The molecule has 4 aromatic rings. The molecule has 35 heavy (non-hydrogen) atoms. The van der Waals surface area contributed by atoms with E-state index in [1.54, 1.807) is 36.1 Å². The van der Waals surface area contributed by atoms with E-state index in [9.17, 15) is 0 Å². The summed E-state index contributed by atoms with van der Waals surface area (Å²) in [6, 6.07) is 4.04. The van der Waals surface area contributed by atoms with Gasteiger partial charge < -0.3 is 20.3 Å². The van der Waals surface area contributed by atoms with E-state index in [0.29, 0.717) is 19.0 Å². The maximum Gasteiger partial charge on any atom is 0.225 e. The van der Waals surface area contributed by atoms with Gasteiger partial charge in [0.25, 0.3) is 0 Å². The van der Waals surface area contributed by atoms with Crippen LogP contribution in [-0.2, 0) is 11.3 Å². The van der Waals surface area contributed by atoms with Crippen molar-refractivity contribution in [3.05, 3.63) is 41.8 Å². The van der Waals surface area contributed by atoms with Crippen LogP contribution in [-0.4, -0.2) is 87.3 Å². The summed E-state index contributed by atoms with van der Waals surface area (Å²) in [5.74, 6) is 2.60. The number of rotatable bonds is 5. The third-order valence-electron chi connectivity index (χ3n) is 6.23. The Hall–Kier alpha value is -3.48. The van der Waals surface area contributed by atoms with Crippen LogP contribution >= 0.6 is 11.3 Å². The summed E-state index contributed by atoms with van der Waals surface area (Å²) in [7, 11) is 0. The summed E-state index contributed by atoms with van der Waals surface area (Å²) in [6.07, 6.45) is 6.94. The first-order chi connectivity index (χ1) is 17.2. The number of hydrogen-bond acceptors (Lipinski definition) is 12. The number of nitrogen functional groups attached to an aromatic ring is 1. The molecule has 6 rings (SSSR count). The molecule has 11 nitrogen and oxygen atoms in total. The van der Waals surface area contributed by atoms with Crippen LogP contribution in [0.3, 0.4) is 0 Å². The zero-order chi connectivity index (χ0) is 23.6. The normalized spacial score (nSPS) is 17.3. The summed E-state index contributed by atoms with van der Waals surface area (Å²) >= 11 is 1.78. The van der Waals surface area contributed by atoms with Crippen molar-refractivity contribution in [2.24, 2.45) is 0 Å². The maximum absolute atomic E-state index is 5.68. The van der Waals surface area contributed by atoms with Gasteiger partial charge in [0.2, 0.25) is 11.9 Å². The molecule has 180 valence electrons. The molecule has 2 saturated heterocycles. The van der Waals surface area contributed by atoms with Gasteiger partial charge in [-0.15, -0.1) is 11.3 Å². The molecule has 4 aromatic heterocycles. The molecular formula is C23H26N10OS. The van der Waals surface area contributed by atoms with Crippen LogP contribution in [0, 0.1) is 0 Å². The standard InChI is InChI=1S/C23H26N10OS/c24-22-27-13-16(14-28-22)20-29-18-12-17(35-19(18)21(30-20)32-8-10-34-11-9-32)15-31-4-6-33(7-5-31)23-25-2-1-3-26-23/h1-3,12-14H,4-11,15H2,(H2,24,27,28). The molecule has 0 saturated carbocycles. The number of nitrogens with two attached hydrogens (primary N) is 1. The lowest BCUT2D eigenvalue weighted by Gasteiger charge is -2.34. The van der Waals surface area contributed by atoms with Crippen LogP contribution in [0.15, 0.2) is 36.9 Å². The van der Waals surface area contributed by atoms with Crippen molar-refractivity contribution < 1.29 is 4.74 Å². The molecule has 2 aliphatic heterocycles. The van der Waals surface area contributed by atoms with Crippen LogP contribution in [0.25, 0.3) is 21.6 Å². The topological polar surface area (TPSA) is 122 Å². The Morgan fingerprint density at radius 3 is 2.37 bits per heavy atom. The third-order valence-corrected chi connectivity index (χ3v) is 7.34. The summed E-state index contributed by atoms with van der Waals surface area (Å²) in [6.45, 7) is 7.63. The van der Waals surface area contributed by atoms with Gasteiger partial charge in [0, 0.05) is 75.5 Å². The van der Waals surface area contributed by atoms with Gasteiger partial charge in [-0.05, 0) is 12.1 Å². The molecule has 0 aliphatic carbocycles. The van der Waals surface area contributed by atoms with E-state index in [0.717, 1.165) is 73.4 Å². The van der Waals surface area contributed by atoms with Gasteiger partial charge in [-0.25, -0.2) is 29.9 Å². The third kappa shape index (κ3) is 4.72. The van der Waals surface area contributed by atoms with Crippen molar-refractivity contribution in [1.29, 1.82) is 0 Å². The summed E-state index contributed by atoms with van der Waals surface area (Å²) in [5, 5.41) is 0. The average molecular weight is 491 g/mol. The highest BCUT2D eigenvalue weighted by Gasteiger charge is 2.23. The summed E-state index contributed by atoms with van der Waals surface area (Å²) in [4.78, 5) is 35.1. The molecule has 0 atom stereocenters.